The van der Waals surface area contributed by atoms with Crippen LogP contribution >= 0.6 is 0 Å². The first kappa shape index (κ1) is 14.6. The molecule has 0 aliphatic carbocycles. The molecule has 0 amide bonds. The summed E-state index contributed by atoms with van der Waals surface area (Å²) in [6.45, 7) is 0. The molecule has 0 saturated heterocycles. The predicted molar refractivity (Wildman–Crippen MR) is 84.3 cm³/mol. The van der Waals surface area contributed by atoms with Crippen LogP contribution in [0.1, 0.15) is 0 Å². The minimum atomic E-state index is -0.489. The van der Waals surface area contributed by atoms with Gasteiger partial charge < -0.3 is 0 Å². The monoisotopic (exact) mass is 312 g/mol. The van der Waals surface area contributed by atoms with E-state index in [-0.39, 0.29) is 11.3 Å². The molecule has 0 aliphatic heterocycles. The van der Waals surface area contributed by atoms with E-state index in [1.165, 1.54) is 37.0 Å². The Bertz CT molecular complexity index is 1050. The summed E-state index contributed by atoms with van der Waals surface area (Å²) in [7, 11) is 2.94. The number of nitrogens with zero attached hydrogens (tertiary/aromatic N) is 4. The zero-order chi connectivity index (χ0) is 16.7. The highest BCUT2D eigenvalue weighted by molar-refractivity contribution is 5.92. The lowest BCUT2D eigenvalue weighted by Gasteiger charge is -2.10. The van der Waals surface area contributed by atoms with Crippen LogP contribution in [0.15, 0.2) is 46.1 Å². The molecular formula is C15H12N4O4. The summed E-state index contributed by atoms with van der Waals surface area (Å²) in [5, 5.41) is 11.0. The minimum absolute atomic E-state index is 0.0348. The minimum Gasteiger partial charge on any atom is -0.280 e. The molecule has 0 unspecified atom stereocenters. The lowest BCUT2D eigenvalue weighted by atomic mass is 10.0. The molecule has 0 radical (unpaired) electrons. The van der Waals surface area contributed by atoms with Crippen molar-refractivity contribution in [3.63, 3.8) is 0 Å². The number of benzene rings is 1. The quantitative estimate of drug-likeness (QED) is 0.523. The van der Waals surface area contributed by atoms with E-state index in [2.05, 4.69) is 4.98 Å². The van der Waals surface area contributed by atoms with Gasteiger partial charge in [-0.1, -0.05) is 0 Å². The van der Waals surface area contributed by atoms with Gasteiger partial charge in [-0.3, -0.25) is 24.0 Å². The topological polar surface area (TPSA) is 100 Å². The molecule has 0 N–H and O–H groups in total. The summed E-state index contributed by atoms with van der Waals surface area (Å²) in [4.78, 5) is 38.8. The van der Waals surface area contributed by atoms with Crippen molar-refractivity contribution in [3.05, 3.63) is 67.5 Å². The first-order chi connectivity index (χ1) is 10.9. The van der Waals surface area contributed by atoms with E-state index in [0.717, 1.165) is 4.57 Å². The highest BCUT2D eigenvalue weighted by Crippen LogP contribution is 2.26. The Balaban J connectivity index is 2.37. The maximum atomic E-state index is 12.5. The maximum Gasteiger partial charge on any atom is 0.332 e. The number of nitro benzene ring substituents is 1. The lowest BCUT2D eigenvalue weighted by Crippen LogP contribution is -2.37. The number of hydrogen-bond donors (Lipinski definition) is 0. The zero-order valence-electron chi connectivity index (χ0n) is 12.4. The van der Waals surface area contributed by atoms with E-state index in [0.29, 0.717) is 16.5 Å². The number of aryl methyl sites for hydroxylation is 1. The van der Waals surface area contributed by atoms with Crippen LogP contribution in [0.25, 0.3) is 22.2 Å². The van der Waals surface area contributed by atoms with Crippen molar-refractivity contribution in [3.8, 4) is 11.1 Å². The largest absolute Gasteiger partial charge is 0.332 e. The molecule has 116 valence electrons. The van der Waals surface area contributed by atoms with Crippen LogP contribution in [0.3, 0.4) is 0 Å². The molecule has 0 saturated carbocycles. The fraction of sp³-hybridized carbons (Fsp3) is 0.133. The second-order valence-electron chi connectivity index (χ2n) is 5.07. The van der Waals surface area contributed by atoms with Gasteiger partial charge in [0, 0.05) is 32.4 Å². The first-order valence-electron chi connectivity index (χ1n) is 6.71. The van der Waals surface area contributed by atoms with Crippen LogP contribution in [-0.2, 0) is 14.1 Å². The Morgan fingerprint density at radius 2 is 1.70 bits per heavy atom. The van der Waals surface area contributed by atoms with Crippen LogP contribution in [0.5, 0.6) is 0 Å². The summed E-state index contributed by atoms with van der Waals surface area (Å²) >= 11 is 0. The molecule has 2 aromatic heterocycles. The number of hydrogen-bond acceptors (Lipinski definition) is 5. The average Bonchev–Trinajstić information content (AvgIpc) is 2.57. The highest BCUT2D eigenvalue weighted by Gasteiger charge is 2.15. The molecule has 0 atom stereocenters. The molecule has 0 spiro atoms. The Morgan fingerprint density at radius 1 is 1.04 bits per heavy atom. The van der Waals surface area contributed by atoms with Crippen LogP contribution < -0.4 is 11.2 Å². The Labute approximate surface area is 129 Å². The predicted octanol–water partition coefficient (Wildman–Crippen LogP) is 1.21. The third-order valence-electron chi connectivity index (χ3n) is 3.73. The molecule has 3 rings (SSSR count). The van der Waals surface area contributed by atoms with Crippen molar-refractivity contribution in [1.29, 1.82) is 0 Å². The highest BCUT2D eigenvalue weighted by atomic mass is 16.6. The third-order valence-corrected chi connectivity index (χ3v) is 3.73. The van der Waals surface area contributed by atoms with Crippen LogP contribution in [-0.4, -0.2) is 19.0 Å². The van der Waals surface area contributed by atoms with Gasteiger partial charge in [0.25, 0.3) is 11.2 Å². The van der Waals surface area contributed by atoms with Crippen molar-refractivity contribution in [2.75, 3.05) is 0 Å². The third kappa shape index (κ3) is 2.20. The standard InChI is InChI=1S/C15H12N4O4/c1-17-13-12(14(20)18(2)15(17)21)11(7-8-16-13)9-3-5-10(6-4-9)19(22)23/h3-8H,1-2H3. The van der Waals surface area contributed by atoms with Gasteiger partial charge in [-0.2, -0.15) is 0 Å². The van der Waals surface area contributed by atoms with Gasteiger partial charge in [0.1, 0.15) is 5.65 Å². The normalized spacial score (nSPS) is 10.9. The maximum absolute atomic E-state index is 12.5. The second kappa shape index (κ2) is 5.16. The SMILES string of the molecule is Cn1c(=O)c2c(-c3ccc([N+](=O)[O-])cc3)ccnc2n(C)c1=O. The van der Waals surface area contributed by atoms with Gasteiger partial charge in [-0.05, 0) is 29.3 Å². The summed E-state index contributed by atoms with van der Waals surface area (Å²) in [5.41, 5.74) is 0.529. The molecule has 2 heterocycles. The van der Waals surface area contributed by atoms with Gasteiger partial charge in [0.2, 0.25) is 0 Å². The van der Waals surface area contributed by atoms with Gasteiger partial charge in [-0.25, -0.2) is 9.78 Å². The van der Waals surface area contributed by atoms with Crippen molar-refractivity contribution in [2.45, 2.75) is 0 Å². The van der Waals surface area contributed by atoms with E-state index in [4.69, 9.17) is 0 Å². The van der Waals surface area contributed by atoms with Crippen LogP contribution in [0.2, 0.25) is 0 Å². The number of fused-ring (bicyclic) bond motifs is 1. The summed E-state index contributed by atoms with van der Waals surface area (Å²) < 4.78 is 2.31. The van der Waals surface area contributed by atoms with Crippen molar-refractivity contribution < 1.29 is 4.92 Å². The summed E-state index contributed by atoms with van der Waals surface area (Å²) in [5.74, 6) is 0. The van der Waals surface area contributed by atoms with E-state index in [1.807, 2.05) is 0 Å². The van der Waals surface area contributed by atoms with E-state index >= 15 is 0 Å². The van der Waals surface area contributed by atoms with Crippen LogP contribution in [0.4, 0.5) is 5.69 Å². The fourth-order valence-electron chi connectivity index (χ4n) is 2.49. The Kier molecular flexibility index (Phi) is 3.29. The Morgan fingerprint density at radius 3 is 2.30 bits per heavy atom. The van der Waals surface area contributed by atoms with Gasteiger partial charge in [0.05, 0.1) is 10.3 Å². The van der Waals surface area contributed by atoms with Crippen molar-refractivity contribution in [2.24, 2.45) is 14.1 Å². The number of pyridine rings is 1. The number of nitro groups is 1. The second-order valence-corrected chi connectivity index (χ2v) is 5.07. The van der Waals surface area contributed by atoms with Crippen molar-refractivity contribution in [1.82, 2.24) is 14.1 Å². The average molecular weight is 312 g/mol. The molecule has 3 aromatic rings. The van der Waals surface area contributed by atoms with Gasteiger partial charge >= 0.3 is 5.69 Å². The lowest BCUT2D eigenvalue weighted by molar-refractivity contribution is -0.384. The smallest absolute Gasteiger partial charge is 0.280 e. The summed E-state index contributed by atoms with van der Waals surface area (Å²) in [6, 6.07) is 7.52. The van der Waals surface area contributed by atoms with Crippen molar-refractivity contribution >= 4 is 16.7 Å². The molecule has 0 bridgehead atoms. The summed E-state index contributed by atoms with van der Waals surface area (Å²) in [6.07, 6.45) is 1.50. The van der Waals surface area contributed by atoms with E-state index < -0.39 is 16.2 Å². The molecular weight excluding hydrogens is 300 g/mol. The molecule has 8 nitrogen and oxygen atoms in total. The van der Waals surface area contributed by atoms with Gasteiger partial charge in [-0.15, -0.1) is 0 Å². The molecule has 8 heteroatoms. The number of non-ortho nitro benzene ring substituents is 1. The van der Waals surface area contributed by atoms with E-state index in [1.54, 1.807) is 18.2 Å². The zero-order valence-corrected chi connectivity index (χ0v) is 12.4. The fourth-order valence-corrected chi connectivity index (χ4v) is 2.49. The molecule has 23 heavy (non-hydrogen) atoms. The molecule has 1 aromatic carbocycles. The van der Waals surface area contributed by atoms with Gasteiger partial charge in [0.15, 0.2) is 0 Å². The Hall–Kier alpha value is -3.29. The number of rotatable bonds is 2. The first-order valence-corrected chi connectivity index (χ1v) is 6.71. The molecule has 0 fully saturated rings. The van der Waals surface area contributed by atoms with Crippen LogP contribution in [0, 0.1) is 10.1 Å². The number of aromatic nitrogens is 3. The van der Waals surface area contributed by atoms with E-state index in [9.17, 15) is 19.7 Å². The molecule has 0 aliphatic rings.